The molecule has 1 amide bonds. The summed E-state index contributed by atoms with van der Waals surface area (Å²) < 4.78 is 1.83. The first-order chi connectivity index (χ1) is 10.7. The van der Waals surface area contributed by atoms with E-state index in [0.717, 1.165) is 37.3 Å². The van der Waals surface area contributed by atoms with E-state index in [1.54, 1.807) is 12.5 Å². The Morgan fingerprint density at radius 2 is 2.32 bits per heavy atom. The zero-order valence-electron chi connectivity index (χ0n) is 13.0. The van der Waals surface area contributed by atoms with Gasteiger partial charge in [0.2, 0.25) is 5.91 Å². The summed E-state index contributed by atoms with van der Waals surface area (Å²) in [4.78, 5) is 22.9. The molecule has 2 aromatic heterocycles. The highest BCUT2D eigenvalue weighted by atomic mass is 16.2. The minimum absolute atomic E-state index is 0.180. The number of aryl methyl sites for hydroxylation is 1. The van der Waals surface area contributed by atoms with Gasteiger partial charge in [-0.2, -0.15) is 0 Å². The molecule has 1 fully saturated rings. The topological polar surface area (TPSA) is 51.0 Å². The lowest BCUT2D eigenvalue weighted by molar-refractivity contribution is -0.133. The maximum Gasteiger partial charge on any atom is 0.242 e. The van der Waals surface area contributed by atoms with Gasteiger partial charge in [-0.15, -0.1) is 0 Å². The van der Waals surface area contributed by atoms with Crippen molar-refractivity contribution >= 4 is 5.91 Å². The molecule has 0 aromatic carbocycles. The van der Waals surface area contributed by atoms with Crippen molar-refractivity contribution in [3.63, 3.8) is 0 Å². The lowest BCUT2D eigenvalue weighted by atomic mass is 9.93. The molecule has 5 nitrogen and oxygen atoms in total. The molecule has 0 radical (unpaired) electrons. The van der Waals surface area contributed by atoms with Gasteiger partial charge in [0.15, 0.2) is 0 Å². The Kier molecular flexibility index (Phi) is 4.51. The molecule has 116 valence electrons. The van der Waals surface area contributed by atoms with Gasteiger partial charge in [-0.3, -0.25) is 9.78 Å². The number of rotatable bonds is 4. The first kappa shape index (κ1) is 14.8. The summed E-state index contributed by atoms with van der Waals surface area (Å²) >= 11 is 0. The number of imidazole rings is 1. The highest BCUT2D eigenvalue weighted by Gasteiger charge is 2.24. The van der Waals surface area contributed by atoms with E-state index in [1.165, 1.54) is 6.42 Å². The Morgan fingerprint density at radius 3 is 3.09 bits per heavy atom. The fourth-order valence-electron chi connectivity index (χ4n) is 3.10. The van der Waals surface area contributed by atoms with Crippen molar-refractivity contribution in [3.8, 4) is 0 Å². The molecule has 1 atom stereocenters. The Morgan fingerprint density at radius 1 is 1.41 bits per heavy atom. The van der Waals surface area contributed by atoms with Gasteiger partial charge in [0.05, 0.1) is 6.33 Å². The lowest BCUT2D eigenvalue weighted by Gasteiger charge is -2.32. The number of pyridine rings is 1. The van der Waals surface area contributed by atoms with E-state index in [4.69, 9.17) is 0 Å². The largest absolute Gasteiger partial charge is 0.341 e. The number of nitrogens with zero attached hydrogens (tertiary/aromatic N) is 4. The van der Waals surface area contributed by atoms with Crippen molar-refractivity contribution in [2.45, 2.75) is 32.7 Å². The fourth-order valence-corrected chi connectivity index (χ4v) is 3.10. The molecule has 1 saturated heterocycles. The van der Waals surface area contributed by atoms with Crippen LogP contribution in [0.15, 0.2) is 36.9 Å². The van der Waals surface area contributed by atoms with Crippen LogP contribution < -0.4 is 0 Å². The fraction of sp³-hybridized carbons (Fsp3) is 0.471. The quantitative estimate of drug-likeness (QED) is 0.868. The molecule has 3 heterocycles. The van der Waals surface area contributed by atoms with Crippen LogP contribution in [0.5, 0.6) is 0 Å². The van der Waals surface area contributed by atoms with E-state index < -0.39 is 0 Å². The Bertz CT molecular complexity index is 623. The van der Waals surface area contributed by atoms with Gasteiger partial charge in [0, 0.05) is 36.9 Å². The Labute approximate surface area is 131 Å². The number of hydrogen-bond donors (Lipinski definition) is 0. The summed E-state index contributed by atoms with van der Waals surface area (Å²) in [6.07, 6.45) is 8.43. The van der Waals surface area contributed by atoms with Gasteiger partial charge in [-0.25, -0.2) is 4.98 Å². The Balaban J connectivity index is 1.58. The normalized spacial score (nSPS) is 18.4. The number of carbonyl (C=O) groups excluding carboxylic acids is 1. The first-order valence-corrected chi connectivity index (χ1v) is 7.87. The van der Waals surface area contributed by atoms with Crippen molar-refractivity contribution in [2.24, 2.45) is 5.92 Å². The number of aromatic nitrogens is 3. The van der Waals surface area contributed by atoms with Crippen LogP contribution in [0.1, 0.15) is 24.2 Å². The molecule has 0 aliphatic carbocycles. The summed E-state index contributed by atoms with van der Waals surface area (Å²) in [6, 6.07) is 6.16. The number of carbonyl (C=O) groups is 1. The molecule has 22 heavy (non-hydrogen) atoms. The van der Waals surface area contributed by atoms with Gasteiger partial charge in [-0.05, 0) is 44.2 Å². The van der Waals surface area contributed by atoms with Crippen molar-refractivity contribution in [1.82, 2.24) is 19.4 Å². The third kappa shape index (κ3) is 3.72. The summed E-state index contributed by atoms with van der Waals surface area (Å²) in [7, 11) is 0. The van der Waals surface area contributed by atoms with E-state index >= 15 is 0 Å². The minimum Gasteiger partial charge on any atom is -0.341 e. The van der Waals surface area contributed by atoms with Gasteiger partial charge >= 0.3 is 0 Å². The van der Waals surface area contributed by atoms with E-state index in [9.17, 15) is 4.79 Å². The van der Waals surface area contributed by atoms with E-state index in [2.05, 4.69) is 22.1 Å². The molecule has 0 spiro atoms. The first-order valence-electron chi connectivity index (χ1n) is 7.87. The molecule has 1 aliphatic heterocycles. The van der Waals surface area contributed by atoms with Crippen molar-refractivity contribution in [3.05, 3.63) is 48.3 Å². The van der Waals surface area contributed by atoms with Crippen LogP contribution in [-0.2, 0) is 17.8 Å². The van der Waals surface area contributed by atoms with E-state index in [1.807, 2.05) is 28.7 Å². The molecular formula is C17H22N4O. The smallest absolute Gasteiger partial charge is 0.242 e. The second kappa shape index (κ2) is 6.73. The highest BCUT2D eigenvalue weighted by molar-refractivity contribution is 5.76. The molecule has 0 bridgehead atoms. The standard InChI is InChI=1S/C17H22N4O/c1-14-4-2-6-16(19-14)10-15-5-3-8-21(11-15)17(22)12-20-9-7-18-13-20/h2,4,6-7,9,13,15H,3,5,8,10-12H2,1H3/t15-/m0/s1. The van der Waals surface area contributed by atoms with E-state index in [-0.39, 0.29) is 5.91 Å². The van der Waals surface area contributed by atoms with Crippen LogP contribution in [0.25, 0.3) is 0 Å². The van der Waals surface area contributed by atoms with Gasteiger partial charge < -0.3 is 9.47 Å². The summed E-state index contributed by atoms with van der Waals surface area (Å²) in [5.74, 6) is 0.690. The lowest BCUT2D eigenvalue weighted by Crippen LogP contribution is -2.42. The van der Waals surface area contributed by atoms with Crippen LogP contribution in [0.4, 0.5) is 0 Å². The van der Waals surface area contributed by atoms with Crippen molar-refractivity contribution < 1.29 is 4.79 Å². The number of amides is 1. The van der Waals surface area contributed by atoms with Crippen molar-refractivity contribution in [2.75, 3.05) is 13.1 Å². The van der Waals surface area contributed by atoms with Crippen LogP contribution in [0.2, 0.25) is 0 Å². The maximum atomic E-state index is 12.4. The molecule has 3 rings (SSSR count). The molecule has 0 saturated carbocycles. The monoisotopic (exact) mass is 298 g/mol. The average Bonchev–Trinajstić information content (AvgIpc) is 3.00. The van der Waals surface area contributed by atoms with Crippen LogP contribution in [0.3, 0.4) is 0 Å². The molecule has 2 aromatic rings. The van der Waals surface area contributed by atoms with Gasteiger partial charge in [0.25, 0.3) is 0 Å². The number of piperidine rings is 1. The molecular weight excluding hydrogens is 276 g/mol. The van der Waals surface area contributed by atoms with Gasteiger partial charge in [0.1, 0.15) is 6.54 Å². The van der Waals surface area contributed by atoms with E-state index in [0.29, 0.717) is 12.5 Å². The predicted octanol–water partition coefficient (Wildman–Crippen LogP) is 2.07. The minimum atomic E-state index is 0.180. The highest BCUT2D eigenvalue weighted by Crippen LogP contribution is 2.20. The predicted molar refractivity (Wildman–Crippen MR) is 84.2 cm³/mol. The van der Waals surface area contributed by atoms with Crippen LogP contribution >= 0.6 is 0 Å². The third-order valence-corrected chi connectivity index (χ3v) is 4.19. The summed E-state index contributed by atoms with van der Waals surface area (Å²) in [5, 5.41) is 0. The molecule has 0 N–H and O–H groups in total. The zero-order valence-corrected chi connectivity index (χ0v) is 13.0. The zero-order chi connectivity index (χ0) is 15.4. The molecule has 0 unspecified atom stereocenters. The van der Waals surface area contributed by atoms with Gasteiger partial charge in [-0.1, -0.05) is 6.07 Å². The van der Waals surface area contributed by atoms with Crippen LogP contribution in [0, 0.1) is 12.8 Å². The summed E-state index contributed by atoms with van der Waals surface area (Å²) in [6.45, 7) is 4.11. The maximum absolute atomic E-state index is 12.4. The van der Waals surface area contributed by atoms with Crippen LogP contribution in [-0.4, -0.2) is 38.4 Å². The molecule has 1 aliphatic rings. The van der Waals surface area contributed by atoms with Crippen molar-refractivity contribution in [1.29, 1.82) is 0 Å². The average molecular weight is 298 g/mol. The third-order valence-electron chi connectivity index (χ3n) is 4.19. The second-order valence-electron chi connectivity index (χ2n) is 6.06. The Hall–Kier alpha value is -2.17. The second-order valence-corrected chi connectivity index (χ2v) is 6.06. The number of hydrogen-bond acceptors (Lipinski definition) is 3. The number of likely N-dealkylation sites (tertiary alicyclic amines) is 1. The SMILES string of the molecule is Cc1cccc(C[C@@H]2CCCN(C(=O)Cn3ccnc3)C2)n1. The summed E-state index contributed by atoms with van der Waals surface area (Å²) in [5.41, 5.74) is 2.19. The molecule has 5 heteroatoms.